The number of urea groups is 1. The highest BCUT2D eigenvalue weighted by atomic mass is 16.4. The Morgan fingerprint density at radius 1 is 1.40 bits per heavy atom. The van der Waals surface area contributed by atoms with E-state index in [9.17, 15) is 14.7 Å². The zero-order chi connectivity index (χ0) is 14.9. The minimum Gasteiger partial charge on any atom is -0.480 e. The number of likely N-dealkylation sites (N-methyl/N-ethyl adjacent to an activating group) is 1. The molecule has 114 valence electrons. The third-order valence-corrected chi connectivity index (χ3v) is 4.62. The second-order valence-corrected chi connectivity index (χ2v) is 5.95. The number of rotatable bonds is 3. The maximum Gasteiger partial charge on any atom is 0.326 e. The fourth-order valence-corrected chi connectivity index (χ4v) is 3.40. The molecule has 0 bridgehead atoms. The topological polar surface area (TPSA) is 64.1 Å². The summed E-state index contributed by atoms with van der Waals surface area (Å²) in [6.07, 6.45) is 2.76. The lowest BCUT2D eigenvalue weighted by Crippen LogP contribution is -2.60. The van der Waals surface area contributed by atoms with Crippen LogP contribution < -0.4 is 0 Å². The molecule has 2 rings (SSSR count). The molecule has 2 amide bonds. The van der Waals surface area contributed by atoms with Crippen LogP contribution in [0.3, 0.4) is 0 Å². The number of carbonyl (C=O) groups is 2. The van der Waals surface area contributed by atoms with E-state index in [0.717, 1.165) is 26.1 Å². The molecule has 3 unspecified atom stereocenters. The standard InChI is InChI=1S/C14H25N3O3/c1-4-12(13(18)19)15(3)14(20)17-9-11-6-5-7-16(11)8-10(17)2/h10-12H,4-9H2,1-3H3,(H,18,19). The SMILES string of the molecule is CCC(C(=O)O)N(C)C(=O)N1CC2CCCN2CC1C. The number of hydrogen-bond donors (Lipinski definition) is 1. The number of nitrogens with zero attached hydrogens (tertiary/aromatic N) is 3. The van der Waals surface area contributed by atoms with E-state index in [1.807, 2.05) is 11.8 Å². The molecular weight excluding hydrogens is 258 g/mol. The summed E-state index contributed by atoms with van der Waals surface area (Å²) in [7, 11) is 1.60. The number of piperazine rings is 1. The average molecular weight is 283 g/mol. The van der Waals surface area contributed by atoms with Crippen molar-refractivity contribution in [3.8, 4) is 0 Å². The van der Waals surface area contributed by atoms with Crippen LogP contribution in [0.1, 0.15) is 33.1 Å². The van der Waals surface area contributed by atoms with E-state index in [1.165, 1.54) is 11.3 Å². The van der Waals surface area contributed by atoms with Gasteiger partial charge in [0.2, 0.25) is 0 Å². The molecule has 2 aliphatic rings. The summed E-state index contributed by atoms with van der Waals surface area (Å²) in [6.45, 7) is 6.58. The minimum atomic E-state index is -0.935. The van der Waals surface area contributed by atoms with Gasteiger partial charge < -0.3 is 14.9 Å². The Kier molecular flexibility index (Phi) is 4.52. The molecule has 1 N–H and O–H groups in total. The fourth-order valence-electron chi connectivity index (χ4n) is 3.40. The summed E-state index contributed by atoms with van der Waals surface area (Å²) < 4.78 is 0. The third kappa shape index (κ3) is 2.75. The Morgan fingerprint density at radius 3 is 2.70 bits per heavy atom. The van der Waals surface area contributed by atoms with Gasteiger partial charge in [0, 0.05) is 32.2 Å². The van der Waals surface area contributed by atoms with Crippen molar-refractivity contribution in [2.45, 2.75) is 51.2 Å². The smallest absolute Gasteiger partial charge is 0.326 e. The zero-order valence-corrected chi connectivity index (χ0v) is 12.6. The summed E-state index contributed by atoms with van der Waals surface area (Å²) in [5.74, 6) is -0.935. The molecule has 20 heavy (non-hydrogen) atoms. The van der Waals surface area contributed by atoms with Crippen molar-refractivity contribution in [2.75, 3.05) is 26.7 Å². The van der Waals surface area contributed by atoms with Crippen LogP contribution in [0.15, 0.2) is 0 Å². The molecule has 0 aromatic rings. The summed E-state index contributed by atoms with van der Waals surface area (Å²) >= 11 is 0. The number of fused-ring (bicyclic) bond motifs is 1. The van der Waals surface area contributed by atoms with E-state index in [0.29, 0.717) is 12.5 Å². The van der Waals surface area contributed by atoms with E-state index < -0.39 is 12.0 Å². The van der Waals surface area contributed by atoms with Crippen LogP contribution in [0.2, 0.25) is 0 Å². The van der Waals surface area contributed by atoms with E-state index in [1.54, 1.807) is 14.0 Å². The fraction of sp³-hybridized carbons (Fsp3) is 0.857. The molecule has 0 spiro atoms. The molecule has 2 saturated heterocycles. The predicted molar refractivity (Wildman–Crippen MR) is 75.6 cm³/mol. The van der Waals surface area contributed by atoms with Crippen molar-refractivity contribution < 1.29 is 14.7 Å². The summed E-state index contributed by atoms with van der Waals surface area (Å²) in [5.41, 5.74) is 0. The van der Waals surface area contributed by atoms with Crippen LogP contribution in [0, 0.1) is 0 Å². The monoisotopic (exact) mass is 283 g/mol. The van der Waals surface area contributed by atoms with Gasteiger partial charge in [0.05, 0.1) is 0 Å². The highest BCUT2D eigenvalue weighted by Gasteiger charge is 2.38. The first-order chi connectivity index (χ1) is 9.45. The Morgan fingerprint density at radius 2 is 2.10 bits per heavy atom. The molecule has 2 fully saturated rings. The zero-order valence-electron chi connectivity index (χ0n) is 12.6. The first kappa shape index (κ1) is 15.1. The van der Waals surface area contributed by atoms with Gasteiger partial charge >= 0.3 is 12.0 Å². The molecule has 0 aromatic heterocycles. The quantitative estimate of drug-likeness (QED) is 0.841. The molecule has 6 heteroatoms. The minimum absolute atomic E-state index is 0.144. The van der Waals surface area contributed by atoms with Crippen molar-refractivity contribution in [3.05, 3.63) is 0 Å². The maximum atomic E-state index is 12.6. The van der Waals surface area contributed by atoms with Crippen molar-refractivity contribution >= 4 is 12.0 Å². The van der Waals surface area contributed by atoms with Crippen LogP contribution in [-0.2, 0) is 4.79 Å². The van der Waals surface area contributed by atoms with Crippen LogP contribution in [0.25, 0.3) is 0 Å². The summed E-state index contributed by atoms with van der Waals surface area (Å²) in [6, 6.07) is -0.298. The van der Waals surface area contributed by atoms with E-state index in [2.05, 4.69) is 4.90 Å². The maximum absolute atomic E-state index is 12.6. The third-order valence-electron chi connectivity index (χ3n) is 4.62. The summed E-state index contributed by atoms with van der Waals surface area (Å²) in [5, 5.41) is 9.19. The van der Waals surface area contributed by atoms with Gasteiger partial charge in [-0.05, 0) is 32.7 Å². The van der Waals surface area contributed by atoms with Crippen molar-refractivity contribution in [2.24, 2.45) is 0 Å². The molecule has 3 atom stereocenters. The number of aliphatic carboxylic acids is 1. The molecule has 6 nitrogen and oxygen atoms in total. The highest BCUT2D eigenvalue weighted by Crippen LogP contribution is 2.25. The van der Waals surface area contributed by atoms with E-state index >= 15 is 0 Å². The van der Waals surface area contributed by atoms with Crippen molar-refractivity contribution in [3.63, 3.8) is 0 Å². The highest BCUT2D eigenvalue weighted by molar-refractivity contribution is 5.82. The lowest BCUT2D eigenvalue weighted by Gasteiger charge is -2.44. The number of hydrogen-bond acceptors (Lipinski definition) is 3. The molecule has 0 aromatic carbocycles. The molecule has 2 heterocycles. The van der Waals surface area contributed by atoms with Gasteiger partial charge in [-0.2, -0.15) is 0 Å². The van der Waals surface area contributed by atoms with Gasteiger partial charge in [-0.25, -0.2) is 9.59 Å². The van der Waals surface area contributed by atoms with Gasteiger partial charge in [0.25, 0.3) is 0 Å². The van der Waals surface area contributed by atoms with Gasteiger partial charge in [-0.1, -0.05) is 6.92 Å². The number of amides is 2. The van der Waals surface area contributed by atoms with Crippen molar-refractivity contribution in [1.29, 1.82) is 0 Å². The second-order valence-electron chi connectivity index (χ2n) is 5.95. The van der Waals surface area contributed by atoms with Crippen LogP contribution >= 0.6 is 0 Å². The summed E-state index contributed by atoms with van der Waals surface area (Å²) in [4.78, 5) is 29.4. The van der Waals surface area contributed by atoms with Gasteiger partial charge in [0.1, 0.15) is 6.04 Å². The molecule has 2 aliphatic heterocycles. The van der Waals surface area contributed by atoms with Gasteiger partial charge in [-0.15, -0.1) is 0 Å². The van der Waals surface area contributed by atoms with E-state index in [-0.39, 0.29) is 12.1 Å². The van der Waals surface area contributed by atoms with Gasteiger partial charge in [-0.3, -0.25) is 4.90 Å². The average Bonchev–Trinajstić information content (AvgIpc) is 2.84. The lowest BCUT2D eigenvalue weighted by atomic mass is 10.1. The Balaban J connectivity index is 2.05. The Labute approximate surface area is 120 Å². The number of carboxylic acid groups (broad SMARTS) is 1. The van der Waals surface area contributed by atoms with Crippen LogP contribution in [-0.4, -0.2) is 76.6 Å². The molecule has 0 saturated carbocycles. The number of carbonyl (C=O) groups excluding carboxylic acids is 1. The Hall–Kier alpha value is -1.30. The Bertz CT molecular complexity index is 388. The first-order valence-corrected chi connectivity index (χ1v) is 7.46. The molecule has 0 radical (unpaired) electrons. The van der Waals surface area contributed by atoms with Crippen molar-refractivity contribution in [1.82, 2.24) is 14.7 Å². The molecule has 0 aliphatic carbocycles. The molecular formula is C14H25N3O3. The normalized spacial score (nSPS) is 28.1. The second kappa shape index (κ2) is 5.99. The van der Waals surface area contributed by atoms with Crippen LogP contribution in [0.5, 0.6) is 0 Å². The number of carboxylic acids is 1. The van der Waals surface area contributed by atoms with Gasteiger partial charge in [0.15, 0.2) is 0 Å². The lowest BCUT2D eigenvalue weighted by molar-refractivity contribution is -0.142. The predicted octanol–water partition coefficient (Wildman–Crippen LogP) is 1.07. The van der Waals surface area contributed by atoms with Crippen LogP contribution in [0.4, 0.5) is 4.79 Å². The first-order valence-electron chi connectivity index (χ1n) is 7.46. The largest absolute Gasteiger partial charge is 0.480 e. The van der Waals surface area contributed by atoms with E-state index in [4.69, 9.17) is 0 Å².